The lowest BCUT2D eigenvalue weighted by molar-refractivity contribution is 0.610. The molecule has 0 fully saturated rings. The van der Waals surface area contributed by atoms with Crippen LogP contribution in [0.1, 0.15) is 5.56 Å². The molecular formula is C10H10N4O2S3. The molecule has 0 aliphatic rings. The fourth-order valence-electron chi connectivity index (χ4n) is 1.24. The molecule has 2 rings (SSSR count). The van der Waals surface area contributed by atoms with E-state index in [1.165, 1.54) is 17.3 Å². The van der Waals surface area contributed by atoms with Gasteiger partial charge in [-0.1, -0.05) is 17.7 Å². The molecule has 0 unspecified atom stereocenters. The van der Waals surface area contributed by atoms with Gasteiger partial charge in [0.2, 0.25) is 8.87 Å². The highest BCUT2D eigenvalue weighted by molar-refractivity contribution is 8.79. The first-order valence-corrected chi connectivity index (χ1v) is 8.36. The number of rotatable bonds is 3. The maximum absolute atomic E-state index is 12.1. The summed E-state index contributed by atoms with van der Waals surface area (Å²) < 4.78 is 25.6. The monoisotopic (exact) mass is 314 g/mol. The van der Waals surface area contributed by atoms with Crippen LogP contribution in [0.4, 0.5) is 0 Å². The number of hydrogen-bond donors (Lipinski definition) is 1. The number of aromatic nitrogens is 3. The second-order valence-electron chi connectivity index (χ2n) is 3.62. The van der Waals surface area contributed by atoms with Crippen molar-refractivity contribution >= 4 is 36.2 Å². The Morgan fingerprint density at radius 1 is 1.26 bits per heavy atom. The van der Waals surface area contributed by atoms with E-state index in [2.05, 4.69) is 15.6 Å². The summed E-state index contributed by atoms with van der Waals surface area (Å²) in [6.07, 6.45) is 2.76. The molecule has 6 nitrogen and oxygen atoms in total. The van der Waals surface area contributed by atoms with Gasteiger partial charge < -0.3 is 0 Å². The van der Waals surface area contributed by atoms with Gasteiger partial charge in [-0.3, -0.25) is 5.43 Å². The average molecular weight is 314 g/mol. The van der Waals surface area contributed by atoms with Crippen LogP contribution in [0.25, 0.3) is 0 Å². The van der Waals surface area contributed by atoms with Gasteiger partial charge in [-0.05, 0) is 31.3 Å². The SMILES string of the molecule is Cc1ccc(S(=O)(=O)SC(=S)Nn2cnnc2)cc1. The Balaban J connectivity index is 2.09. The van der Waals surface area contributed by atoms with Crippen molar-refractivity contribution in [1.29, 1.82) is 0 Å². The number of aryl methyl sites for hydroxylation is 1. The van der Waals surface area contributed by atoms with Crippen LogP contribution < -0.4 is 5.43 Å². The molecule has 0 spiro atoms. The van der Waals surface area contributed by atoms with E-state index < -0.39 is 8.87 Å². The normalized spacial score (nSPS) is 11.2. The van der Waals surface area contributed by atoms with Crippen molar-refractivity contribution < 1.29 is 8.42 Å². The number of hydrogen-bond acceptors (Lipinski definition) is 6. The molecule has 1 N–H and O–H groups in total. The summed E-state index contributed by atoms with van der Waals surface area (Å²) in [5.74, 6) is 0. The van der Waals surface area contributed by atoms with Crippen molar-refractivity contribution in [3.05, 3.63) is 42.5 Å². The molecule has 9 heteroatoms. The van der Waals surface area contributed by atoms with Crippen LogP contribution in [0, 0.1) is 6.92 Å². The third-order valence-corrected chi connectivity index (χ3v) is 5.84. The van der Waals surface area contributed by atoms with Gasteiger partial charge in [-0.15, -0.1) is 10.2 Å². The van der Waals surface area contributed by atoms with Gasteiger partial charge in [0.1, 0.15) is 12.7 Å². The van der Waals surface area contributed by atoms with Gasteiger partial charge in [-0.25, -0.2) is 13.1 Å². The molecule has 100 valence electrons. The molecular weight excluding hydrogens is 304 g/mol. The highest BCUT2D eigenvalue weighted by Gasteiger charge is 2.18. The zero-order valence-corrected chi connectivity index (χ0v) is 12.3. The molecule has 2 aromatic rings. The molecule has 1 heterocycles. The summed E-state index contributed by atoms with van der Waals surface area (Å²) in [7, 11) is -2.95. The molecule has 1 aromatic carbocycles. The van der Waals surface area contributed by atoms with Crippen molar-refractivity contribution in [2.75, 3.05) is 5.43 Å². The fourth-order valence-corrected chi connectivity index (χ4v) is 4.39. The maximum atomic E-state index is 12.1. The molecule has 0 saturated carbocycles. The Morgan fingerprint density at radius 2 is 1.84 bits per heavy atom. The molecule has 0 radical (unpaired) electrons. The predicted octanol–water partition coefficient (Wildman–Crippen LogP) is 1.54. The Bertz CT molecular complexity index is 665. The van der Waals surface area contributed by atoms with E-state index in [1.807, 2.05) is 6.92 Å². The lowest BCUT2D eigenvalue weighted by Gasteiger charge is -2.07. The number of nitrogens with one attached hydrogen (secondary N) is 1. The van der Waals surface area contributed by atoms with Crippen molar-refractivity contribution in [3.63, 3.8) is 0 Å². The van der Waals surface area contributed by atoms with Crippen LogP contribution in [0.3, 0.4) is 0 Å². The summed E-state index contributed by atoms with van der Waals surface area (Å²) in [5, 5.41) is 7.14. The van der Waals surface area contributed by atoms with Crippen LogP contribution in [0.2, 0.25) is 0 Å². The average Bonchev–Trinajstić information content (AvgIpc) is 2.81. The molecule has 0 bridgehead atoms. The molecule has 0 saturated heterocycles. The first-order valence-electron chi connectivity index (χ1n) is 5.14. The third kappa shape index (κ3) is 3.75. The van der Waals surface area contributed by atoms with Crippen LogP contribution in [0.15, 0.2) is 41.8 Å². The minimum Gasteiger partial charge on any atom is -0.275 e. The van der Waals surface area contributed by atoms with Crippen LogP contribution in [-0.2, 0) is 8.87 Å². The highest BCUT2D eigenvalue weighted by atomic mass is 33.1. The second-order valence-corrected chi connectivity index (χ2v) is 8.06. The molecule has 0 aliphatic heterocycles. The first-order chi connectivity index (χ1) is 8.97. The van der Waals surface area contributed by atoms with Gasteiger partial charge in [0, 0.05) is 10.8 Å². The topological polar surface area (TPSA) is 76.9 Å². The van der Waals surface area contributed by atoms with E-state index in [0.717, 1.165) is 5.56 Å². The molecule has 0 atom stereocenters. The molecule has 0 aliphatic carbocycles. The zero-order chi connectivity index (χ0) is 13.9. The van der Waals surface area contributed by atoms with E-state index >= 15 is 0 Å². The van der Waals surface area contributed by atoms with Gasteiger partial charge in [0.15, 0.2) is 4.32 Å². The van der Waals surface area contributed by atoms with Crippen molar-refractivity contribution in [2.45, 2.75) is 11.8 Å². The van der Waals surface area contributed by atoms with Crippen molar-refractivity contribution in [1.82, 2.24) is 14.9 Å². The molecule has 19 heavy (non-hydrogen) atoms. The summed E-state index contributed by atoms with van der Waals surface area (Å²) >= 11 is 4.97. The minimum absolute atomic E-state index is 0.0976. The van der Waals surface area contributed by atoms with Gasteiger partial charge in [0.05, 0.1) is 4.90 Å². The standard InChI is InChI=1S/C10H10N4O2S3/c1-8-2-4-9(5-3-8)19(15,16)18-10(17)13-14-6-11-12-7-14/h2-7H,1H3,(H,13,17). The Morgan fingerprint density at radius 3 is 2.42 bits per heavy atom. The number of benzene rings is 1. The second kappa shape index (κ2) is 5.68. The number of thiocarbonyl (C=S) groups is 1. The lowest BCUT2D eigenvalue weighted by Crippen LogP contribution is -2.18. The van der Waals surface area contributed by atoms with Crippen LogP contribution in [-0.4, -0.2) is 27.6 Å². The van der Waals surface area contributed by atoms with Gasteiger partial charge in [0.25, 0.3) is 0 Å². The highest BCUT2D eigenvalue weighted by Crippen LogP contribution is 2.24. The van der Waals surface area contributed by atoms with Crippen LogP contribution >= 0.6 is 23.0 Å². The summed E-state index contributed by atoms with van der Waals surface area (Å²) in [4.78, 5) is 0.219. The fraction of sp³-hybridized carbons (Fsp3) is 0.100. The number of nitrogens with zero attached hydrogens (tertiary/aromatic N) is 3. The molecule has 0 amide bonds. The Labute approximate surface area is 119 Å². The van der Waals surface area contributed by atoms with Crippen molar-refractivity contribution in [3.8, 4) is 0 Å². The van der Waals surface area contributed by atoms with E-state index in [4.69, 9.17) is 12.2 Å². The van der Waals surface area contributed by atoms with Crippen LogP contribution in [0.5, 0.6) is 0 Å². The Hall–Kier alpha value is -1.45. The summed E-state index contributed by atoms with van der Waals surface area (Å²) in [5.41, 5.74) is 3.66. The molecule has 1 aromatic heterocycles. The van der Waals surface area contributed by atoms with E-state index in [9.17, 15) is 8.42 Å². The first kappa shape index (κ1) is 14.0. The smallest absolute Gasteiger partial charge is 0.236 e. The van der Waals surface area contributed by atoms with E-state index in [1.54, 1.807) is 24.3 Å². The van der Waals surface area contributed by atoms with E-state index in [0.29, 0.717) is 10.8 Å². The van der Waals surface area contributed by atoms with Crippen molar-refractivity contribution in [2.24, 2.45) is 0 Å². The van der Waals surface area contributed by atoms with Gasteiger partial charge >= 0.3 is 0 Å². The van der Waals surface area contributed by atoms with Gasteiger partial charge in [-0.2, -0.15) is 0 Å². The summed E-state index contributed by atoms with van der Waals surface area (Å²) in [6, 6.07) is 6.59. The largest absolute Gasteiger partial charge is 0.275 e. The maximum Gasteiger partial charge on any atom is 0.236 e. The third-order valence-electron chi connectivity index (χ3n) is 2.13. The minimum atomic E-state index is -3.52. The summed E-state index contributed by atoms with van der Waals surface area (Å²) in [6.45, 7) is 1.89. The van der Waals surface area contributed by atoms with E-state index in [-0.39, 0.29) is 9.22 Å². The predicted molar refractivity (Wildman–Crippen MR) is 77.9 cm³/mol. The Kier molecular flexibility index (Phi) is 4.17. The quantitative estimate of drug-likeness (QED) is 0.680. The lowest BCUT2D eigenvalue weighted by atomic mass is 10.2. The zero-order valence-electron chi connectivity index (χ0n) is 9.85.